The van der Waals surface area contributed by atoms with Gasteiger partial charge in [0, 0.05) is 22.4 Å². The van der Waals surface area contributed by atoms with Gasteiger partial charge in [-0.15, -0.1) is 0 Å². The average Bonchev–Trinajstić information content (AvgIpc) is 3.46. The molecule has 198 valence electrons. The zero-order chi connectivity index (χ0) is 28.0. The van der Waals surface area contributed by atoms with Crippen LogP contribution in [-0.2, 0) is 0 Å². The van der Waals surface area contributed by atoms with Crippen LogP contribution in [0.1, 0.15) is 0 Å². The highest BCUT2D eigenvalue weighted by Crippen LogP contribution is 2.29. The summed E-state index contributed by atoms with van der Waals surface area (Å²) < 4.78 is 3.66. The molecule has 5 aromatic carbocycles. The third kappa shape index (κ3) is 3.87. The molecule has 7 nitrogen and oxygen atoms in total. The number of nitrogens with zero attached hydrogens (tertiary/aromatic N) is 6. The fraction of sp³-hybridized carbons (Fsp3) is 0. The monoisotopic (exact) mass is 542 g/mol. The van der Waals surface area contributed by atoms with Crippen LogP contribution in [-0.4, -0.2) is 28.9 Å². The maximum Gasteiger partial charge on any atom is 0.299 e. The molecule has 0 aliphatic rings. The molecule has 0 N–H and O–H groups in total. The van der Waals surface area contributed by atoms with Gasteiger partial charge in [0.25, 0.3) is 5.56 Å². The molecule has 0 radical (unpaired) electrons. The topological polar surface area (TPSA) is 78.0 Å². The van der Waals surface area contributed by atoms with Gasteiger partial charge >= 0.3 is 0 Å². The highest BCUT2D eigenvalue weighted by Gasteiger charge is 2.19. The molecular weight excluding hydrogens is 520 g/mol. The van der Waals surface area contributed by atoms with Crippen LogP contribution in [0.4, 0.5) is 0 Å². The number of fused-ring (bicyclic) bond motifs is 5. The second-order valence-electron chi connectivity index (χ2n) is 9.98. The Labute approximate surface area is 240 Å². The molecule has 7 heteroatoms. The van der Waals surface area contributed by atoms with E-state index in [0.29, 0.717) is 23.1 Å². The number of rotatable bonds is 4. The zero-order valence-corrected chi connectivity index (χ0v) is 22.3. The third-order valence-electron chi connectivity index (χ3n) is 7.38. The lowest BCUT2D eigenvalue weighted by Crippen LogP contribution is -2.21. The van der Waals surface area contributed by atoms with Crippen LogP contribution < -0.4 is 5.56 Å². The molecule has 0 aliphatic carbocycles. The lowest BCUT2D eigenvalue weighted by molar-refractivity contribution is 1.02. The minimum atomic E-state index is -0.185. The summed E-state index contributed by atoms with van der Waals surface area (Å²) in [5.41, 5.74) is 6.74. The summed E-state index contributed by atoms with van der Waals surface area (Å²) in [6, 6.07) is 43.2. The van der Waals surface area contributed by atoms with E-state index in [1.54, 1.807) is 4.57 Å². The van der Waals surface area contributed by atoms with Gasteiger partial charge in [0.2, 0.25) is 5.65 Å². The highest BCUT2D eigenvalue weighted by atomic mass is 16.1. The normalized spacial score (nSPS) is 11.4. The van der Waals surface area contributed by atoms with Crippen molar-refractivity contribution in [2.45, 2.75) is 0 Å². The molecule has 0 unspecified atom stereocenters. The van der Waals surface area contributed by atoms with Gasteiger partial charge in [-0.3, -0.25) is 13.8 Å². The molecule has 3 heterocycles. The smallest absolute Gasteiger partial charge is 0.286 e. The Morgan fingerprint density at radius 1 is 0.452 bits per heavy atom. The molecular formula is C35H22N6O. The van der Waals surface area contributed by atoms with Gasteiger partial charge in [-0.25, -0.2) is 19.9 Å². The van der Waals surface area contributed by atoms with Crippen molar-refractivity contribution in [1.29, 1.82) is 0 Å². The van der Waals surface area contributed by atoms with Crippen molar-refractivity contribution in [3.63, 3.8) is 0 Å². The molecule has 8 aromatic rings. The van der Waals surface area contributed by atoms with E-state index in [9.17, 15) is 4.79 Å². The van der Waals surface area contributed by atoms with Crippen LogP contribution in [0.3, 0.4) is 0 Å². The van der Waals surface area contributed by atoms with Crippen LogP contribution in [0.25, 0.3) is 67.6 Å². The van der Waals surface area contributed by atoms with Crippen molar-refractivity contribution in [3.05, 3.63) is 144 Å². The molecule has 3 aromatic heterocycles. The van der Waals surface area contributed by atoms with Crippen LogP contribution in [0.15, 0.2) is 138 Å². The van der Waals surface area contributed by atoms with E-state index in [2.05, 4.69) is 0 Å². The Bertz CT molecular complexity index is 2250. The van der Waals surface area contributed by atoms with Gasteiger partial charge in [0.05, 0.1) is 22.1 Å². The molecule has 42 heavy (non-hydrogen) atoms. The predicted molar refractivity (Wildman–Crippen MR) is 165 cm³/mol. The Hall–Kier alpha value is -5.95. The van der Waals surface area contributed by atoms with E-state index in [4.69, 9.17) is 19.9 Å². The van der Waals surface area contributed by atoms with Gasteiger partial charge in [-0.1, -0.05) is 91.0 Å². The van der Waals surface area contributed by atoms with Crippen LogP contribution >= 0.6 is 0 Å². The largest absolute Gasteiger partial charge is 0.299 e. The molecule has 0 atom stereocenters. The standard InChI is InChI=1S/C35H22N6O/c42-35-34-36-27-18-10-11-19-28(27)41(34)30-22-25(20-21-29(30)40(35)26-16-8-3-9-17-26)33-38-31(23-12-4-1-5-13-23)37-32(39-33)24-14-6-2-7-15-24/h1-22H. The number of imidazole rings is 1. The summed E-state index contributed by atoms with van der Waals surface area (Å²) in [5, 5.41) is 0. The zero-order valence-electron chi connectivity index (χ0n) is 22.3. The van der Waals surface area contributed by atoms with Crippen LogP contribution in [0.5, 0.6) is 0 Å². The Balaban J connectivity index is 1.44. The summed E-state index contributed by atoms with van der Waals surface area (Å²) in [4.78, 5) is 33.3. The van der Waals surface area contributed by atoms with Crippen molar-refractivity contribution >= 4 is 27.7 Å². The molecule has 0 aliphatic heterocycles. The van der Waals surface area contributed by atoms with Crippen molar-refractivity contribution < 1.29 is 0 Å². The molecule has 0 spiro atoms. The Morgan fingerprint density at radius 3 is 1.64 bits per heavy atom. The van der Waals surface area contributed by atoms with Gasteiger partial charge in [-0.2, -0.15) is 0 Å². The number of hydrogen-bond donors (Lipinski definition) is 0. The van der Waals surface area contributed by atoms with E-state index in [1.807, 2.05) is 138 Å². The van der Waals surface area contributed by atoms with E-state index in [1.165, 1.54) is 0 Å². The number of hydrogen-bond acceptors (Lipinski definition) is 5. The minimum Gasteiger partial charge on any atom is -0.286 e. The summed E-state index contributed by atoms with van der Waals surface area (Å²) in [7, 11) is 0. The van der Waals surface area contributed by atoms with E-state index in [0.717, 1.165) is 44.4 Å². The van der Waals surface area contributed by atoms with Crippen molar-refractivity contribution in [3.8, 4) is 39.9 Å². The fourth-order valence-electron chi connectivity index (χ4n) is 5.42. The Morgan fingerprint density at radius 2 is 1.00 bits per heavy atom. The molecule has 0 amide bonds. The molecule has 0 saturated carbocycles. The van der Waals surface area contributed by atoms with Gasteiger partial charge in [0.15, 0.2) is 17.5 Å². The lowest BCUT2D eigenvalue weighted by Gasteiger charge is -2.14. The first kappa shape index (κ1) is 23.9. The van der Waals surface area contributed by atoms with E-state index >= 15 is 0 Å². The quantitative estimate of drug-likeness (QED) is 0.240. The fourth-order valence-corrected chi connectivity index (χ4v) is 5.42. The maximum atomic E-state index is 13.9. The van der Waals surface area contributed by atoms with Crippen LogP contribution in [0.2, 0.25) is 0 Å². The molecule has 0 saturated heterocycles. The summed E-state index contributed by atoms with van der Waals surface area (Å²) in [6.07, 6.45) is 0. The summed E-state index contributed by atoms with van der Waals surface area (Å²) in [5.74, 6) is 1.72. The van der Waals surface area contributed by atoms with Gasteiger partial charge in [0.1, 0.15) is 0 Å². The van der Waals surface area contributed by atoms with Crippen molar-refractivity contribution in [2.24, 2.45) is 0 Å². The maximum absolute atomic E-state index is 13.9. The van der Waals surface area contributed by atoms with Gasteiger partial charge in [-0.05, 0) is 42.5 Å². The van der Waals surface area contributed by atoms with E-state index < -0.39 is 0 Å². The molecule has 8 rings (SSSR count). The number of benzene rings is 5. The summed E-state index contributed by atoms with van der Waals surface area (Å²) >= 11 is 0. The first-order valence-electron chi connectivity index (χ1n) is 13.6. The first-order valence-corrected chi connectivity index (χ1v) is 13.6. The second kappa shape index (κ2) is 9.60. The predicted octanol–water partition coefficient (Wildman–Crippen LogP) is 6.98. The highest BCUT2D eigenvalue weighted by molar-refractivity contribution is 5.91. The average molecular weight is 543 g/mol. The molecule has 0 fully saturated rings. The number of para-hydroxylation sites is 3. The lowest BCUT2D eigenvalue weighted by atomic mass is 10.1. The van der Waals surface area contributed by atoms with Crippen molar-refractivity contribution in [2.75, 3.05) is 0 Å². The van der Waals surface area contributed by atoms with Gasteiger partial charge < -0.3 is 0 Å². The van der Waals surface area contributed by atoms with E-state index in [-0.39, 0.29) is 5.56 Å². The Kier molecular flexibility index (Phi) is 5.46. The summed E-state index contributed by atoms with van der Waals surface area (Å²) in [6.45, 7) is 0. The van der Waals surface area contributed by atoms with Crippen LogP contribution in [0, 0.1) is 0 Å². The minimum absolute atomic E-state index is 0.185. The number of aromatic nitrogens is 6. The second-order valence-corrected chi connectivity index (χ2v) is 9.98. The molecule has 0 bridgehead atoms. The third-order valence-corrected chi connectivity index (χ3v) is 7.38. The van der Waals surface area contributed by atoms with Crippen molar-refractivity contribution in [1.82, 2.24) is 28.9 Å². The SMILES string of the molecule is O=c1c2nc3ccccc3n2c2cc(-c3nc(-c4ccccc4)nc(-c4ccccc4)n3)ccc2n1-c1ccccc1. The first-order chi connectivity index (χ1) is 20.7.